The highest BCUT2D eigenvalue weighted by atomic mass is 31.2. The lowest BCUT2D eigenvalue weighted by atomic mass is 9.99. The molecule has 0 aromatic heterocycles. The maximum atomic E-state index is 13.2. The van der Waals surface area contributed by atoms with Gasteiger partial charge in [0.2, 0.25) is 0 Å². The smallest absolute Gasteiger partial charge is 0.462 e. The number of aliphatic hydroxyl groups excluding tert-OH is 1. The van der Waals surface area contributed by atoms with Crippen molar-refractivity contribution < 1.29 is 80.2 Å². The first-order valence-corrected chi connectivity index (χ1v) is 49.4. The Balaban J connectivity index is 5.22. The van der Waals surface area contributed by atoms with Crippen molar-refractivity contribution in [3.8, 4) is 0 Å². The van der Waals surface area contributed by atoms with Gasteiger partial charge in [0, 0.05) is 25.7 Å². The summed E-state index contributed by atoms with van der Waals surface area (Å²) < 4.78 is 69.0. The van der Waals surface area contributed by atoms with E-state index in [4.69, 9.17) is 37.0 Å². The zero-order valence-corrected chi connectivity index (χ0v) is 73.8. The SMILES string of the molecule is CCCCCCCCCCCCCCCCCCCCCCCC(=O)OC[C@H](COP(=O)(O)OC[C@@H](O)COP(=O)(O)OC[C@@H](COC(=O)CCCCCCCCCC(C)C)OC(=O)CCCCCCCCCCCCCCCC(C)C)OC(=O)CCCCCCCCCCCCCCCCCCCCC(C)CC. The lowest BCUT2D eigenvalue weighted by Gasteiger charge is -2.21. The quantitative estimate of drug-likeness (QED) is 0.0222. The lowest BCUT2D eigenvalue weighted by molar-refractivity contribution is -0.161. The summed E-state index contributed by atoms with van der Waals surface area (Å²) >= 11 is 0. The number of esters is 4. The number of unbranched alkanes of at least 4 members (excludes halogenated alkanes) is 55. The van der Waals surface area contributed by atoms with Crippen molar-refractivity contribution in [3.05, 3.63) is 0 Å². The Labute approximate surface area is 670 Å². The number of hydrogen-bond donors (Lipinski definition) is 3. The van der Waals surface area contributed by atoms with Gasteiger partial charge in [-0.1, -0.05) is 427 Å². The topological polar surface area (TPSA) is 237 Å². The van der Waals surface area contributed by atoms with E-state index < -0.39 is 97.5 Å². The Bertz CT molecular complexity index is 2100. The summed E-state index contributed by atoms with van der Waals surface area (Å²) in [5.41, 5.74) is 0. The van der Waals surface area contributed by atoms with Crippen LogP contribution in [0.25, 0.3) is 0 Å². The van der Waals surface area contributed by atoms with Crippen LogP contribution >= 0.6 is 15.6 Å². The first-order valence-electron chi connectivity index (χ1n) is 46.4. The van der Waals surface area contributed by atoms with Crippen molar-refractivity contribution in [2.75, 3.05) is 39.6 Å². The number of carbonyl (C=O) groups is 4. The molecule has 0 fully saturated rings. The minimum Gasteiger partial charge on any atom is -0.462 e. The summed E-state index contributed by atoms with van der Waals surface area (Å²) in [6.45, 7) is 12.0. The number of rotatable bonds is 88. The molecular formula is C90H176O17P2. The third-order valence-corrected chi connectivity index (χ3v) is 23.4. The molecule has 3 N–H and O–H groups in total. The Hall–Kier alpha value is -1.94. The fourth-order valence-corrected chi connectivity index (χ4v) is 15.6. The zero-order valence-electron chi connectivity index (χ0n) is 72.0. The number of hydrogen-bond acceptors (Lipinski definition) is 15. The van der Waals surface area contributed by atoms with Crippen molar-refractivity contribution in [2.45, 2.75) is 497 Å². The van der Waals surface area contributed by atoms with Gasteiger partial charge in [0.25, 0.3) is 0 Å². The molecule has 0 bridgehead atoms. The van der Waals surface area contributed by atoms with E-state index in [2.05, 4.69) is 48.5 Å². The van der Waals surface area contributed by atoms with Gasteiger partial charge in [-0.05, 0) is 43.4 Å². The Morgan fingerprint density at radius 1 is 0.266 bits per heavy atom. The summed E-state index contributed by atoms with van der Waals surface area (Å²) in [6, 6.07) is 0. The van der Waals surface area contributed by atoms with E-state index in [0.29, 0.717) is 31.6 Å². The summed E-state index contributed by atoms with van der Waals surface area (Å²) in [5.74, 6) is 0.260. The molecule has 0 aliphatic carbocycles. The van der Waals surface area contributed by atoms with Gasteiger partial charge in [-0.15, -0.1) is 0 Å². The van der Waals surface area contributed by atoms with Gasteiger partial charge in [0.05, 0.1) is 26.4 Å². The fourth-order valence-electron chi connectivity index (χ4n) is 14.0. The van der Waals surface area contributed by atoms with Crippen molar-refractivity contribution in [1.82, 2.24) is 0 Å². The second-order valence-electron chi connectivity index (χ2n) is 33.5. The Kier molecular flexibility index (Phi) is 78.5. The zero-order chi connectivity index (χ0) is 80.0. The molecule has 0 radical (unpaired) electrons. The highest BCUT2D eigenvalue weighted by Crippen LogP contribution is 2.45. The highest BCUT2D eigenvalue weighted by Gasteiger charge is 2.31. The molecule has 0 saturated carbocycles. The second kappa shape index (κ2) is 79.9. The summed E-state index contributed by atoms with van der Waals surface area (Å²) in [6.07, 6.45) is 72.4. The molecule has 0 heterocycles. The Morgan fingerprint density at radius 3 is 0.697 bits per heavy atom. The van der Waals surface area contributed by atoms with Gasteiger partial charge in [0.1, 0.15) is 19.3 Å². The molecule has 0 amide bonds. The second-order valence-corrected chi connectivity index (χ2v) is 36.4. The monoisotopic (exact) mass is 1590 g/mol. The normalized spacial score (nSPS) is 14.1. The number of carbonyl (C=O) groups excluding carboxylic acids is 4. The molecule has 3 unspecified atom stereocenters. The average molecular weight is 1590 g/mol. The van der Waals surface area contributed by atoms with Crippen molar-refractivity contribution in [3.63, 3.8) is 0 Å². The van der Waals surface area contributed by atoms with Gasteiger partial charge in [-0.2, -0.15) is 0 Å². The number of aliphatic hydroxyl groups is 1. The minimum atomic E-state index is -4.97. The fraction of sp³-hybridized carbons (Fsp3) is 0.956. The van der Waals surface area contributed by atoms with Crippen LogP contribution < -0.4 is 0 Å². The van der Waals surface area contributed by atoms with E-state index in [0.717, 1.165) is 108 Å². The summed E-state index contributed by atoms with van der Waals surface area (Å²) in [5, 5.41) is 10.7. The standard InChI is InChI=1S/C90H176O17P2/c1-8-10-11-12-13-14-15-16-17-18-19-20-21-25-28-33-38-43-50-57-64-71-87(92)100-77-85(106-89(94)73-66-59-51-44-39-34-29-26-23-22-24-27-32-37-42-49-56-63-70-83(7)9-2)79-104-108(96,97)102-75-84(91)76-103-109(98,99)105-80-86(78-101-88(93)72-65-58-53-46-48-55-62-69-82(5)6)107-90(95)74-67-60-52-45-40-35-30-31-36-41-47-54-61-68-81(3)4/h81-86,91H,8-80H2,1-7H3,(H,96,97)(H,98,99)/t83?,84-,85-,86-/m1/s1. The molecule has 19 heteroatoms. The number of ether oxygens (including phenoxy) is 4. The van der Waals surface area contributed by atoms with Gasteiger partial charge in [-0.3, -0.25) is 37.3 Å². The molecule has 0 aliphatic heterocycles. The molecule has 648 valence electrons. The molecule has 109 heavy (non-hydrogen) atoms. The van der Waals surface area contributed by atoms with Gasteiger partial charge in [-0.25, -0.2) is 9.13 Å². The average Bonchev–Trinajstić information content (AvgIpc) is 0.902. The van der Waals surface area contributed by atoms with E-state index >= 15 is 0 Å². The third kappa shape index (κ3) is 82.4. The predicted octanol–water partition coefficient (Wildman–Crippen LogP) is 27.6. The van der Waals surface area contributed by atoms with Crippen LogP contribution in [0.5, 0.6) is 0 Å². The van der Waals surface area contributed by atoms with Crippen molar-refractivity contribution >= 4 is 39.5 Å². The van der Waals surface area contributed by atoms with Crippen LogP contribution in [0, 0.1) is 17.8 Å². The van der Waals surface area contributed by atoms with Crippen molar-refractivity contribution in [2.24, 2.45) is 17.8 Å². The first kappa shape index (κ1) is 107. The van der Waals surface area contributed by atoms with E-state index in [1.54, 1.807) is 0 Å². The number of phosphoric acid groups is 2. The predicted molar refractivity (Wildman–Crippen MR) is 451 cm³/mol. The first-order chi connectivity index (χ1) is 52.8. The maximum Gasteiger partial charge on any atom is 0.472 e. The molecule has 6 atom stereocenters. The van der Waals surface area contributed by atoms with Crippen LogP contribution in [0.2, 0.25) is 0 Å². The van der Waals surface area contributed by atoms with E-state index in [9.17, 15) is 43.2 Å². The minimum absolute atomic E-state index is 0.107. The van der Waals surface area contributed by atoms with Crippen LogP contribution in [0.3, 0.4) is 0 Å². The summed E-state index contributed by atoms with van der Waals surface area (Å²) in [7, 11) is -9.93. The Morgan fingerprint density at radius 2 is 0.468 bits per heavy atom. The highest BCUT2D eigenvalue weighted by molar-refractivity contribution is 7.47. The molecule has 0 spiro atoms. The number of phosphoric ester groups is 2. The van der Waals surface area contributed by atoms with E-state index in [-0.39, 0.29) is 25.7 Å². The molecule has 0 rings (SSSR count). The largest absolute Gasteiger partial charge is 0.472 e. The molecular weight excluding hydrogens is 1410 g/mol. The molecule has 0 aromatic rings. The van der Waals surface area contributed by atoms with Crippen LogP contribution in [0.4, 0.5) is 0 Å². The van der Waals surface area contributed by atoms with E-state index in [1.165, 1.54) is 283 Å². The molecule has 0 saturated heterocycles. The molecule has 17 nitrogen and oxygen atoms in total. The maximum absolute atomic E-state index is 13.2. The van der Waals surface area contributed by atoms with E-state index in [1.807, 2.05) is 0 Å². The van der Waals surface area contributed by atoms with Gasteiger partial charge < -0.3 is 33.8 Å². The van der Waals surface area contributed by atoms with Gasteiger partial charge >= 0.3 is 39.5 Å². The van der Waals surface area contributed by atoms with Crippen LogP contribution in [0.15, 0.2) is 0 Å². The van der Waals surface area contributed by atoms with Gasteiger partial charge in [0.15, 0.2) is 12.2 Å². The third-order valence-electron chi connectivity index (χ3n) is 21.5. The van der Waals surface area contributed by atoms with Crippen LogP contribution in [0.1, 0.15) is 479 Å². The van der Waals surface area contributed by atoms with Crippen LogP contribution in [-0.2, 0) is 65.4 Å². The summed E-state index contributed by atoms with van der Waals surface area (Å²) in [4.78, 5) is 73.3. The van der Waals surface area contributed by atoms with Crippen molar-refractivity contribution in [1.29, 1.82) is 0 Å². The van der Waals surface area contributed by atoms with Crippen LogP contribution in [-0.4, -0.2) is 96.7 Å². The lowest BCUT2D eigenvalue weighted by Crippen LogP contribution is -2.30. The molecule has 0 aromatic carbocycles. The molecule has 0 aliphatic rings.